The summed E-state index contributed by atoms with van der Waals surface area (Å²) in [5.74, 6) is -7.38. The Kier molecular flexibility index (Phi) is 16.3. The molecule has 11 N–H and O–H groups in total. The average Bonchev–Trinajstić information content (AvgIpc) is 3.94. The molecule has 0 aromatic heterocycles. The van der Waals surface area contributed by atoms with Gasteiger partial charge in [-0.1, -0.05) is 0 Å². The Labute approximate surface area is 316 Å². The van der Waals surface area contributed by atoms with E-state index in [4.69, 9.17) is 11.5 Å². The summed E-state index contributed by atoms with van der Waals surface area (Å²) in [6.07, 6.45) is 0.390. The molecule has 306 valence electrons. The summed E-state index contributed by atoms with van der Waals surface area (Å²) in [7, 11) is 0. The van der Waals surface area contributed by atoms with Crippen LogP contribution >= 0.6 is 0 Å². The van der Waals surface area contributed by atoms with Crippen LogP contribution in [0.5, 0.6) is 0 Å². The first kappa shape index (κ1) is 44.0. The molecule has 3 fully saturated rings. The number of carboxylic acid groups (broad SMARTS) is 1. The van der Waals surface area contributed by atoms with Gasteiger partial charge < -0.3 is 63.0 Å². The summed E-state index contributed by atoms with van der Waals surface area (Å²) in [4.78, 5) is 130. The average molecular weight is 781 g/mol. The first-order valence-electron chi connectivity index (χ1n) is 18.2. The molecule has 3 aliphatic rings. The van der Waals surface area contributed by atoms with Crippen molar-refractivity contribution in [1.29, 1.82) is 0 Å². The number of carbonyl (C=O) groups is 10. The largest absolute Gasteiger partial charge is 0.480 e. The maximum atomic E-state index is 13.8. The van der Waals surface area contributed by atoms with Crippen molar-refractivity contribution in [2.24, 2.45) is 11.5 Å². The molecule has 0 aromatic rings. The lowest BCUT2D eigenvalue weighted by Crippen LogP contribution is -2.56. The SMILES string of the molecule is C[C@H](NC(=O)CN)C(=O)N[C@@H](CCC(N)=O)C(=O)NCC(=O)N1CCC[C@H]1C(=O)N1CCC[C@H]1C(=O)NCC(=O)N1CCC[C@H]1C(=O)N[C@H](C(=O)O)[C@@H](C)O. The molecule has 0 bridgehead atoms. The molecule has 3 heterocycles. The molecule has 9 amide bonds. The number of nitrogens with zero attached hydrogens (tertiary/aromatic N) is 3. The lowest BCUT2D eigenvalue weighted by atomic mass is 10.1. The Bertz CT molecular complexity index is 1510. The standard InChI is InChI=1S/C33H52N10O12/c1-17(38-24(46)14-34)28(49)39-19(9-10-23(35)45)29(50)36-15-26(48)42-12-5-8-22(42)32(53)43-13-4-6-20(43)30(51)37-16-25(47)41-11-3-7-21(41)31(52)40-27(18(2)44)33(54)55/h17-22,27,44H,3-16,34H2,1-2H3,(H2,35,45)(H,36,50)(H,37,51)(H,38,46)(H,39,49)(H,40,52)(H,54,55)/t17-,18+,19-,20-,21-,22-,27-/m0/s1. The van der Waals surface area contributed by atoms with E-state index in [1.807, 2.05) is 0 Å². The normalized spacial score (nSPS) is 21.5. The molecule has 3 rings (SSSR count). The highest BCUT2D eigenvalue weighted by Crippen LogP contribution is 2.25. The molecule has 0 saturated carbocycles. The van der Waals surface area contributed by atoms with Crippen molar-refractivity contribution in [2.75, 3.05) is 39.3 Å². The topological polar surface area (TPSA) is 333 Å². The van der Waals surface area contributed by atoms with Gasteiger partial charge in [-0.2, -0.15) is 0 Å². The predicted octanol–water partition coefficient (Wildman–Crippen LogP) is -5.64. The summed E-state index contributed by atoms with van der Waals surface area (Å²) in [6.45, 7) is 1.76. The minimum atomic E-state index is -1.57. The second kappa shape index (κ2) is 20.3. The van der Waals surface area contributed by atoms with Crippen LogP contribution in [-0.4, -0.2) is 166 Å². The van der Waals surface area contributed by atoms with Gasteiger partial charge in [0, 0.05) is 26.1 Å². The Morgan fingerprint density at radius 2 is 1.24 bits per heavy atom. The fourth-order valence-corrected chi connectivity index (χ4v) is 6.78. The summed E-state index contributed by atoms with van der Waals surface area (Å²) >= 11 is 0. The van der Waals surface area contributed by atoms with Gasteiger partial charge in [-0.15, -0.1) is 0 Å². The van der Waals surface area contributed by atoms with Crippen LogP contribution < -0.4 is 38.1 Å². The van der Waals surface area contributed by atoms with Gasteiger partial charge in [-0.3, -0.25) is 43.2 Å². The highest BCUT2D eigenvalue weighted by atomic mass is 16.4. The Balaban J connectivity index is 1.57. The lowest BCUT2D eigenvalue weighted by Gasteiger charge is -2.31. The monoisotopic (exact) mass is 780 g/mol. The number of nitrogens with one attached hydrogen (secondary N) is 5. The zero-order valence-electron chi connectivity index (χ0n) is 30.9. The van der Waals surface area contributed by atoms with Crippen LogP contribution in [0.3, 0.4) is 0 Å². The number of nitrogens with two attached hydrogens (primary N) is 2. The number of hydrogen-bond acceptors (Lipinski definition) is 12. The molecule has 3 saturated heterocycles. The fourth-order valence-electron chi connectivity index (χ4n) is 6.78. The second-order valence-corrected chi connectivity index (χ2v) is 13.7. The lowest BCUT2D eigenvalue weighted by molar-refractivity contribution is -0.147. The van der Waals surface area contributed by atoms with E-state index in [1.54, 1.807) is 0 Å². The van der Waals surface area contributed by atoms with Gasteiger partial charge in [-0.25, -0.2) is 4.79 Å². The van der Waals surface area contributed by atoms with Crippen LogP contribution in [0.2, 0.25) is 0 Å². The second-order valence-electron chi connectivity index (χ2n) is 13.7. The third-order valence-corrected chi connectivity index (χ3v) is 9.72. The smallest absolute Gasteiger partial charge is 0.328 e. The van der Waals surface area contributed by atoms with Crippen molar-refractivity contribution in [3.8, 4) is 0 Å². The number of likely N-dealkylation sites (tertiary alicyclic amines) is 3. The van der Waals surface area contributed by atoms with Crippen molar-refractivity contribution < 1.29 is 58.2 Å². The van der Waals surface area contributed by atoms with E-state index in [9.17, 15) is 58.2 Å². The Morgan fingerprint density at radius 1 is 0.709 bits per heavy atom. The molecular formula is C33H52N10O12. The number of primary amides is 1. The van der Waals surface area contributed by atoms with Crippen LogP contribution in [0.25, 0.3) is 0 Å². The number of aliphatic carboxylic acids is 1. The highest BCUT2D eigenvalue weighted by molar-refractivity contribution is 5.97. The number of hydrogen-bond donors (Lipinski definition) is 9. The molecule has 22 heteroatoms. The number of rotatable bonds is 18. The summed E-state index contributed by atoms with van der Waals surface area (Å²) in [5.41, 5.74) is 10.5. The zero-order chi connectivity index (χ0) is 41.0. The van der Waals surface area contributed by atoms with E-state index in [0.29, 0.717) is 32.1 Å². The van der Waals surface area contributed by atoms with E-state index >= 15 is 0 Å². The van der Waals surface area contributed by atoms with Crippen molar-refractivity contribution in [3.05, 3.63) is 0 Å². The molecule has 3 aliphatic heterocycles. The van der Waals surface area contributed by atoms with E-state index in [-0.39, 0.29) is 45.4 Å². The highest BCUT2D eigenvalue weighted by Gasteiger charge is 2.43. The molecule has 55 heavy (non-hydrogen) atoms. The predicted molar refractivity (Wildman–Crippen MR) is 188 cm³/mol. The van der Waals surface area contributed by atoms with Gasteiger partial charge in [0.15, 0.2) is 6.04 Å². The molecule has 0 aromatic carbocycles. The van der Waals surface area contributed by atoms with Crippen LogP contribution in [0.1, 0.15) is 65.2 Å². The van der Waals surface area contributed by atoms with Gasteiger partial charge in [-0.05, 0) is 58.8 Å². The van der Waals surface area contributed by atoms with Gasteiger partial charge in [0.2, 0.25) is 53.2 Å². The quantitative estimate of drug-likeness (QED) is 0.0627. The maximum absolute atomic E-state index is 13.8. The third-order valence-electron chi connectivity index (χ3n) is 9.72. The van der Waals surface area contributed by atoms with Crippen LogP contribution in [0, 0.1) is 0 Å². The van der Waals surface area contributed by atoms with Crippen molar-refractivity contribution in [2.45, 2.75) is 108 Å². The van der Waals surface area contributed by atoms with Crippen molar-refractivity contribution >= 4 is 59.1 Å². The zero-order valence-corrected chi connectivity index (χ0v) is 30.9. The van der Waals surface area contributed by atoms with Crippen LogP contribution in [0.4, 0.5) is 0 Å². The molecule has 0 aliphatic carbocycles. The number of carboxylic acids is 1. The number of amides is 9. The first-order valence-corrected chi connectivity index (χ1v) is 18.2. The van der Waals surface area contributed by atoms with Gasteiger partial charge in [0.05, 0.1) is 25.7 Å². The van der Waals surface area contributed by atoms with Gasteiger partial charge in [0.1, 0.15) is 30.2 Å². The number of aliphatic hydroxyl groups is 1. The minimum absolute atomic E-state index is 0.190. The van der Waals surface area contributed by atoms with Gasteiger partial charge in [0.25, 0.3) is 0 Å². The Morgan fingerprint density at radius 3 is 1.78 bits per heavy atom. The molecule has 0 spiro atoms. The van der Waals surface area contributed by atoms with E-state index in [1.165, 1.54) is 28.5 Å². The number of carbonyl (C=O) groups excluding carboxylic acids is 9. The van der Waals surface area contributed by atoms with Crippen molar-refractivity contribution in [3.63, 3.8) is 0 Å². The van der Waals surface area contributed by atoms with Crippen LogP contribution in [0.15, 0.2) is 0 Å². The van der Waals surface area contributed by atoms with E-state index in [2.05, 4.69) is 26.6 Å². The molecule has 0 radical (unpaired) electrons. The summed E-state index contributed by atoms with van der Waals surface area (Å²) in [5, 5.41) is 31.0. The van der Waals surface area contributed by atoms with Gasteiger partial charge >= 0.3 is 5.97 Å². The Hall–Kier alpha value is -5.38. The van der Waals surface area contributed by atoms with Crippen LogP contribution in [-0.2, 0) is 47.9 Å². The minimum Gasteiger partial charge on any atom is -0.480 e. The van der Waals surface area contributed by atoms with E-state index < -0.39 is 115 Å². The summed E-state index contributed by atoms with van der Waals surface area (Å²) in [6, 6.07) is -6.79. The fraction of sp³-hybridized carbons (Fsp3) is 0.697. The first-order chi connectivity index (χ1) is 26.0. The van der Waals surface area contributed by atoms with Crippen molar-refractivity contribution in [1.82, 2.24) is 41.3 Å². The molecule has 0 unspecified atom stereocenters. The number of aliphatic hydroxyl groups excluding tert-OH is 1. The third kappa shape index (κ3) is 12.1. The molecule has 7 atom stereocenters. The molecular weight excluding hydrogens is 728 g/mol. The molecule has 22 nitrogen and oxygen atoms in total. The maximum Gasteiger partial charge on any atom is 0.328 e. The van der Waals surface area contributed by atoms with E-state index in [0.717, 1.165) is 0 Å². The summed E-state index contributed by atoms with van der Waals surface area (Å²) < 4.78 is 0.